The topological polar surface area (TPSA) is 69.6 Å². The lowest BCUT2D eigenvalue weighted by Crippen LogP contribution is -2.38. The molecule has 0 saturated carbocycles. The zero-order valence-corrected chi connectivity index (χ0v) is 7.14. The van der Waals surface area contributed by atoms with Gasteiger partial charge < -0.3 is 9.90 Å². The number of Topliss-reactive ketones (excluding diaryl/α,β-unsaturated/α-hetero) is 1. The monoisotopic (exact) mass is 188 g/mol. The number of rotatable bonds is 1. The van der Waals surface area contributed by atoms with Crippen molar-refractivity contribution in [1.29, 1.82) is 0 Å². The number of aliphatic carboxylic acids is 1. The third-order valence-electron chi connectivity index (χ3n) is 2.07. The summed E-state index contributed by atoms with van der Waals surface area (Å²) < 4.78 is 0. The smallest absolute Gasteiger partial charge is 0.179 e. The van der Waals surface area contributed by atoms with Crippen LogP contribution in [0.5, 0.6) is 0 Å². The summed E-state index contributed by atoms with van der Waals surface area (Å²) in [4.78, 5) is 26.0. The second kappa shape index (κ2) is 3.06. The van der Waals surface area contributed by atoms with Gasteiger partial charge in [0.15, 0.2) is 5.78 Å². The summed E-state index contributed by atoms with van der Waals surface area (Å²) >= 11 is 0. The highest BCUT2D eigenvalue weighted by Crippen LogP contribution is 2.25. The number of nitrogens with zero attached hydrogens (tertiary/aromatic N) is 1. The third-order valence-corrected chi connectivity index (χ3v) is 2.07. The number of benzene rings is 1. The van der Waals surface area contributed by atoms with E-state index >= 15 is 0 Å². The van der Waals surface area contributed by atoms with Crippen LogP contribution in [-0.4, -0.2) is 18.0 Å². The molecule has 1 aromatic carbocycles. The quantitative estimate of drug-likeness (QED) is 0.580. The molecule has 0 aromatic heterocycles. The van der Waals surface area contributed by atoms with Gasteiger partial charge in [0, 0.05) is 11.8 Å². The van der Waals surface area contributed by atoms with Gasteiger partial charge in [0.2, 0.25) is 0 Å². The number of aliphatic imine (C=N–C) groups is 1. The molecule has 1 aromatic rings. The van der Waals surface area contributed by atoms with Gasteiger partial charge in [-0.15, -0.1) is 0 Å². The first-order chi connectivity index (χ1) is 6.70. The minimum absolute atomic E-state index is 0.337. The first-order valence-electron chi connectivity index (χ1n) is 4.08. The number of ketones is 1. The molecule has 2 rings (SSSR count). The van der Waals surface area contributed by atoms with E-state index in [-0.39, 0.29) is 0 Å². The number of carboxylic acids is 1. The molecule has 4 heteroatoms. The van der Waals surface area contributed by atoms with Crippen LogP contribution in [0.25, 0.3) is 0 Å². The lowest BCUT2D eigenvalue weighted by Gasteiger charge is -2.17. The van der Waals surface area contributed by atoms with Gasteiger partial charge in [-0.3, -0.25) is 9.79 Å². The van der Waals surface area contributed by atoms with E-state index in [0.29, 0.717) is 11.3 Å². The molecule has 1 unspecified atom stereocenters. The molecule has 0 amide bonds. The molecule has 1 atom stereocenters. The Kier molecular flexibility index (Phi) is 1.89. The van der Waals surface area contributed by atoms with E-state index in [2.05, 4.69) is 4.99 Å². The van der Waals surface area contributed by atoms with E-state index in [9.17, 15) is 14.7 Å². The van der Waals surface area contributed by atoms with Gasteiger partial charge in [-0.25, -0.2) is 0 Å². The number of carbonyl (C=O) groups is 2. The maximum Gasteiger partial charge on any atom is 0.179 e. The number of hydrogen-bond acceptors (Lipinski definition) is 4. The SMILES string of the molecule is O=C([O-])C1C=Nc2ccccc2C1=O. The molecule has 70 valence electrons. The van der Waals surface area contributed by atoms with Crippen molar-refractivity contribution in [2.24, 2.45) is 10.9 Å². The van der Waals surface area contributed by atoms with E-state index in [4.69, 9.17) is 0 Å². The van der Waals surface area contributed by atoms with E-state index < -0.39 is 17.7 Å². The van der Waals surface area contributed by atoms with Crippen LogP contribution in [0.2, 0.25) is 0 Å². The summed E-state index contributed by atoms with van der Waals surface area (Å²) in [6.07, 6.45) is 1.11. The Morgan fingerprint density at radius 2 is 2.07 bits per heavy atom. The average molecular weight is 188 g/mol. The van der Waals surface area contributed by atoms with Crippen molar-refractivity contribution in [3.63, 3.8) is 0 Å². The van der Waals surface area contributed by atoms with E-state index in [0.717, 1.165) is 6.21 Å². The van der Waals surface area contributed by atoms with E-state index in [1.807, 2.05) is 0 Å². The number of hydrogen-bond donors (Lipinski definition) is 0. The van der Waals surface area contributed by atoms with Crippen molar-refractivity contribution in [3.8, 4) is 0 Å². The normalized spacial score (nSPS) is 19.1. The molecule has 0 aliphatic carbocycles. The second-order valence-electron chi connectivity index (χ2n) is 2.96. The van der Waals surface area contributed by atoms with Gasteiger partial charge in [-0.1, -0.05) is 12.1 Å². The van der Waals surface area contributed by atoms with Crippen LogP contribution in [0.1, 0.15) is 10.4 Å². The molecular formula is C10H6NO3-. The number of carboxylic acid groups (broad SMARTS) is 1. The summed E-state index contributed by atoms with van der Waals surface area (Å²) in [6.45, 7) is 0. The highest BCUT2D eigenvalue weighted by Gasteiger charge is 2.24. The van der Waals surface area contributed by atoms with Crippen molar-refractivity contribution in [2.75, 3.05) is 0 Å². The summed E-state index contributed by atoms with van der Waals surface area (Å²) in [6, 6.07) is 6.63. The Labute approximate surface area is 79.9 Å². The van der Waals surface area contributed by atoms with Crippen molar-refractivity contribution >= 4 is 23.7 Å². The zero-order valence-electron chi connectivity index (χ0n) is 7.14. The molecule has 4 nitrogen and oxygen atoms in total. The van der Waals surface area contributed by atoms with E-state index in [1.165, 1.54) is 0 Å². The first kappa shape index (κ1) is 8.62. The lowest BCUT2D eigenvalue weighted by molar-refractivity contribution is -0.306. The minimum Gasteiger partial charge on any atom is -0.549 e. The number of fused-ring (bicyclic) bond motifs is 1. The fourth-order valence-electron chi connectivity index (χ4n) is 1.35. The Bertz CT molecular complexity index is 437. The summed E-state index contributed by atoms with van der Waals surface area (Å²) in [5.41, 5.74) is 0.846. The van der Waals surface area contributed by atoms with Crippen molar-refractivity contribution in [2.45, 2.75) is 0 Å². The second-order valence-corrected chi connectivity index (χ2v) is 2.96. The maximum atomic E-state index is 11.5. The van der Waals surface area contributed by atoms with Crippen LogP contribution >= 0.6 is 0 Å². The Morgan fingerprint density at radius 1 is 1.36 bits per heavy atom. The van der Waals surface area contributed by atoms with Crippen LogP contribution < -0.4 is 5.11 Å². The van der Waals surface area contributed by atoms with Gasteiger partial charge >= 0.3 is 0 Å². The van der Waals surface area contributed by atoms with Crippen LogP contribution in [0, 0.1) is 5.92 Å². The number of carbonyl (C=O) groups excluding carboxylic acids is 2. The van der Waals surface area contributed by atoms with Crippen molar-refractivity contribution < 1.29 is 14.7 Å². The Balaban J connectivity index is 2.50. The van der Waals surface area contributed by atoms with Crippen LogP contribution in [-0.2, 0) is 4.79 Å². The summed E-state index contributed by atoms with van der Waals surface area (Å²) in [5.74, 6) is -3.12. The van der Waals surface area contributed by atoms with Crippen molar-refractivity contribution in [1.82, 2.24) is 0 Å². The minimum atomic E-state index is -1.41. The summed E-state index contributed by atoms with van der Waals surface area (Å²) in [7, 11) is 0. The molecule has 1 heterocycles. The maximum absolute atomic E-state index is 11.5. The van der Waals surface area contributed by atoms with Gasteiger partial charge in [0.1, 0.15) is 0 Å². The standard InChI is InChI=1S/C10H7NO3/c12-9-6-3-1-2-4-8(6)11-5-7(9)10(13)14/h1-5,7H,(H,13,14)/p-1. The predicted octanol–water partition coefficient (Wildman–Crippen LogP) is -0.0487. The Morgan fingerprint density at radius 3 is 2.79 bits per heavy atom. The molecule has 0 saturated heterocycles. The molecular weight excluding hydrogens is 182 g/mol. The lowest BCUT2D eigenvalue weighted by atomic mass is 9.95. The largest absolute Gasteiger partial charge is 0.549 e. The van der Waals surface area contributed by atoms with Gasteiger partial charge in [0.05, 0.1) is 17.6 Å². The molecule has 1 aliphatic heterocycles. The molecule has 0 N–H and O–H groups in total. The zero-order chi connectivity index (χ0) is 10.1. The van der Waals surface area contributed by atoms with E-state index in [1.54, 1.807) is 24.3 Å². The van der Waals surface area contributed by atoms with Crippen LogP contribution in [0.3, 0.4) is 0 Å². The van der Waals surface area contributed by atoms with Crippen LogP contribution in [0.4, 0.5) is 5.69 Å². The molecule has 0 bridgehead atoms. The highest BCUT2D eigenvalue weighted by molar-refractivity contribution is 6.21. The molecule has 1 aliphatic rings. The summed E-state index contributed by atoms with van der Waals surface area (Å²) in [5, 5.41) is 10.6. The average Bonchev–Trinajstić information content (AvgIpc) is 2.18. The fraction of sp³-hybridized carbons (Fsp3) is 0.100. The third kappa shape index (κ3) is 1.21. The molecule has 0 spiro atoms. The fourth-order valence-corrected chi connectivity index (χ4v) is 1.35. The predicted molar refractivity (Wildman–Crippen MR) is 47.4 cm³/mol. The number of para-hydroxylation sites is 1. The van der Waals surface area contributed by atoms with Crippen molar-refractivity contribution in [3.05, 3.63) is 29.8 Å². The molecule has 14 heavy (non-hydrogen) atoms. The molecule has 0 radical (unpaired) electrons. The molecule has 0 fully saturated rings. The first-order valence-corrected chi connectivity index (χ1v) is 4.08. The Hall–Kier alpha value is -1.97. The van der Waals surface area contributed by atoms with Gasteiger partial charge in [-0.05, 0) is 12.1 Å². The van der Waals surface area contributed by atoms with Gasteiger partial charge in [-0.2, -0.15) is 0 Å². The van der Waals surface area contributed by atoms with Crippen LogP contribution in [0.15, 0.2) is 29.3 Å². The highest BCUT2D eigenvalue weighted by atomic mass is 16.4. The van der Waals surface area contributed by atoms with Gasteiger partial charge in [0.25, 0.3) is 0 Å².